The summed E-state index contributed by atoms with van der Waals surface area (Å²) in [5.74, 6) is -0.249. The van der Waals surface area contributed by atoms with Crippen LogP contribution in [-0.4, -0.2) is 5.11 Å². The average Bonchev–Trinajstić information content (AvgIpc) is 2.29. The number of aliphatic hydroxyl groups excluding tert-OH is 1. The fourth-order valence-electron chi connectivity index (χ4n) is 1.55. The van der Waals surface area contributed by atoms with Crippen LogP contribution in [-0.2, 0) is 6.61 Å². The van der Waals surface area contributed by atoms with Gasteiger partial charge in [0.25, 0.3) is 0 Å². The van der Waals surface area contributed by atoms with E-state index < -0.39 is 0 Å². The van der Waals surface area contributed by atoms with Crippen molar-refractivity contribution in [2.24, 2.45) is 0 Å². The molecule has 0 atom stereocenters. The molecule has 16 heavy (non-hydrogen) atoms. The third-order valence-electron chi connectivity index (χ3n) is 2.32. The molecule has 2 aromatic carbocycles. The average molecular weight is 281 g/mol. The maximum absolute atomic E-state index is 12.8. The lowest BCUT2D eigenvalue weighted by molar-refractivity contribution is 0.282. The Hall–Kier alpha value is -1.19. The van der Waals surface area contributed by atoms with Gasteiger partial charge in [-0.3, -0.25) is 0 Å². The zero-order chi connectivity index (χ0) is 11.5. The van der Waals surface area contributed by atoms with E-state index in [9.17, 15) is 4.39 Å². The van der Waals surface area contributed by atoms with Crippen LogP contribution in [0.1, 0.15) is 5.56 Å². The Morgan fingerprint density at radius 2 is 1.69 bits per heavy atom. The molecule has 0 saturated carbocycles. The van der Waals surface area contributed by atoms with E-state index in [0.717, 1.165) is 21.2 Å². The smallest absolute Gasteiger partial charge is 0.123 e. The highest BCUT2D eigenvalue weighted by Gasteiger charge is 2.02. The Morgan fingerprint density at radius 3 is 2.31 bits per heavy atom. The van der Waals surface area contributed by atoms with Crippen LogP contribution >= 0.6 is 15.9 Å². The summed E-state index contributed by atoms with van der Waals surface area (Å²) in [7, 11) is 0. The van der Waals surface area contributed by atoms with Crippen LogP contribution in [0.4, 0.5) is 4.39 Å². The Labute approximate surface area is 102 Å². The highest BCUT2D eigenvalue weighted by atomic mass is 79.9. The van der Waals surface area contributed by atoms with Crippen molar-refractivity contribution in [2.45, 2.75) is 6.61 Å². The first kappa shape index (κ1) is 11.3. The van der Waals surface area contributed by atoms with Crippen LogP contribution in [0.3, 0.4) is 0 Å². The van der Waals surface area contributed by atoms with Crippen molar-refractivity contribution in [3.63, 3.8) is 0 Å². The minimum absolute atomic E-state index is 0.00631. The molecule has 0 saturated heterocycles. The Balaban J connectivity index is 2.47. The molecule has 0 radical (unpaired) electrons. The van der Waals surface area contributed by atoms with E-state index in [1.165, 1.54) is 12.1 Å². The number of aliphatic hydroxyl groups is 1. The number of halogens is 2. The van der Waals surface area contributed by atoms with Gasteiger partial charge in [-0.05, 0) is 47.0 Å². The largest absolute Gasteiger partial charge is 0.392 e. The standard InChI is InChI=1S/C13H10BrFO/c14-12-6-9(8-16)5-11(7-12)10-1-3-13(15)4-2-10/h1-7,16H,8H2. The minimum atomic E-state index is -0.249. The monoisotopic (exact) mass is 280 g/mol. The van der Waals surface area contributed by atoms with Crippen LogP contribution in [0.2, 0.25) is 0 Å². The van der Waals surface area contributed by atoms with Crippen LogP contribution in [0, 0.1) is 5.82 Å². The van der Waals surface area contributed by atoms with Crippen molar-refractivity contribution < 1.29 is 9.50 Å². The molecule has 0 bridgehead atoms. The van der Waals surface area contributed by atoms with Gasteiger partial charge in [0.2, 0.25) is 0 Å². The predicted molar refractivity (Wildman–Crippen MR) is 65.5 cm³/mol. The molecule has 2 aromatic rings. The van der Waals surface area contributed by atoms with Gasteiger partial charge in [-0.15, -0.1) is 0 Å². The summed E-state index contributed by atoms with van der Waals surface area (Å²) >= 11 is 3.38. The highest BCUT2D eigenvalue weighted by Crippen LogP contribution is 2.25. The summed E-state index contributed by atoms with van der Waals surface area (Å²) in [5.41, 5.74) is 2.71. The van der Waals surface area contributed by atoms with E-state index in [1.54, 1.807) is 12.1 Å². The molecule has 0 aliphatic heterocycles. The van der Waals surface area contributed by atoms with E-state index >= 15 is 0 Å². The molecule has 0 spiro atoms. The zero-order valence-corrected chi connectivity index (χ0v) is 10.0. The number of benzene rings is 2. The second-order valence-corrected chi connectivity index (χ2v) is 4.43. The molecule has 82 valence electrons. The van der Waals surface area contributed by atoms with E-state index in [1.807, 2.05) is 18.2 Å². The number of hydrogen-bond acceptors (Lipinski definition) is 1. The van der Waals surface area contributed by atoms with Crippen molar-refractivity contribution in [2.75, 3.05) is 0 Å². The van der Waals surface area contributed by atoms with E-state index in [2.05, 4.69) is 15.9 Å². The van der Waals surface area contributed by atoms with Crippen molar-refractivity contribution in [1.82, 2.24) is 0 Å². The van der Waals surface area contributed by atoms with Gasteiger partial charge in [0, 0.05) is 4.47 Å². The summed E-state index contributed by atoms with van der Waals surface area (Å²) < 4.78 is 13.7. The predicted octanol–water partition coefficient (Wildman–Crippen LogP) is 3.75. The quantitative estimate of drug-likeness (QED) is 0.888. The van der Waals surface area contributed by atoms with Gasteiger partial charge in [-0.1, -0.05) is 28.1 Å². The van der Waals surface area contributed by atoms with Crippen molar-refractivity contribution in [3.05, 3.63) is 58.3 Å². The third-order valence-corrected chi connectivity index (χ3v) is 2.78. The minimum Gasteiger partial charge on any atom is -0.392 e. The SMILES string of the molecule is OCc1cc(Br)cc(-c2ccc(F)cc2)c1. The molecule has 0 fully saturated rings. The highest BCUT2D eigenvalue weighted by molar-refractivity contribution is 9.10. The molecule has 0 aromatic heterocycles. The zero-order valence-electron chi connectivity index (χ0n) is 8.45. The van der Waals surface area contributed by atoms with Crippen molar-refractivity contribution in [3.8, 4) is 11.1 Å². The Bertz CT molecular complexity index is 494. The van der Waals surface area contributed by atoms with E-state index in [-0.39, 0.29) is 12.4 Å². The molecule has 0 amide bonds. The molecule has 0 heterocycles. The molecule has 2 rings (SSSR count). The summed E-state index contributed by atoms with van der Waals surface area (Å²) in [5, 5.41) is 9.10. The fourth-order valence-corrected chi connectivity index (χ4v) is 2.09. The van der Waals surface area contributed by atoms with Crippen LogP contribution < -0.4 is 0 Å². The van der Waals surface area contributed by atoms with Crippen LogP contribution in [0.15, 0.2) is 46.9 Å². The molecule has 3 heteroatoms. The summed E-state index contributed by atoms with van der Waals surface area (Å²) in [6.45, 7) is -0.00631. The lowest BCUT2D eigenvalue weighted by Gasteiger charge is -2.05. The lowest BCUT2D eigenvalue weighted by Crippen LogP contribution is -1.86. The van der Waals surface area contributed by atoms with Gasteiger partial charge in [0.15, 0.2) is 0 Å². The molecular formula is C13H10BrFO. The first-order valence-corrected chi connectivity index (χ1v) is 5.64. The summed E-state index contributed by atoms with van der Waals surface area (Å²) in [6.07, 6.45) is 0. The summed E-state index contributed by atoms with van der Waals surface area (Å²) in [6, 6.07) is 12.0. The maximum Gasteiger partial charge on any atom is 0.123 e. The van der Waals surface area contributed by atoms with Gasteiger partial charge < -0.3 is 5.11 Å². The normalized spacial score (nSPS) is 10.4. The van der Waals surface area contributed by atoms with Crippen LogP contribution in [0.5, 0.6) is 0 Å². The van der Waals surface area contributed by atoms with Gasteiger partial charge in [-0.2, -0.15) is 0 Å². The molecule has 0 aliphatic rings. The van der Waals surface area contributed by atoms with Gasteiger partial charge in [0.05, 0.1) is 6.61 Å². The molecule has 0 aliphatic carbocycles. The Morgan fingerprint density at radius 1 is 1.00 bits per heavy atom. The van der Waals surface area contributed by atoms with Crippen molar-refractivity contribution >= 4 is 15.9 Å². The summed E-state index contributed by atoms with van der Waals surface area (Å²) in [4.78, 5) is 0. The molecule has 1 N–H and O–H groups in total. The first-order chi connectivity index (χ1) is 7.69. The van der Waals surface area contributed by atoms with Gasteiger partial charge in [0.1, 0.15) is 5.82 Å². The second-order valence-electron chi connectivity index (χ2n) is 3.51. The number of hydrogen-bond donors (Lipinski definition) is 1. The molecule has 1 nitrogen and oxygen atoms in total. The van der Waals surface area contributed by atoms with Gasteiger partial charge in [-0.25, -0.2) is 4.39 Å². The molecular weight excluding hydrogens is 271 g/mol. The maximum atomic E-state index is 12.8. The second kappa shape index (κ2) is 4.76. The third kappa shape index (κ3) is 2.49. The van der Waals surface area contributed by atoms with Crippen LogP contribution in [0.25, 0.3) is 11.1 Å². The molecule has 0 unspecified atom stereocenters. The van der Waals surface area contributed by atoms with Crippen molar-refractivity contribution in [1.29, 1.82) is 0 Å². The van der Waals surface area contributed by atoms with E-state index in [0.29, 0.717) is 0 Å². The first-order valence-electron chi connectivity index (χ1n) is 4.85. The number of rotatable bonds is 2. The lowest BCUT2D eigenvalue weighted by atomic mass is 10.0. The topological polar surface area (TPSA) is 20.2 Å². The fraction of sp³-hybridized carbons (Fsp3) is 0.0769. The van der Waals surface area contributed by atoms with E-state index in [4.69, 9.17) is 5.11 Å². The van der Waals surface area contributed by atoms with Gasteiger partial charge >= 0.3 is 0 Å². The Kier molecular flexibility index (Phi) is 3.36.